The number of esters is 2. The summed E-state index contributed by atoms with van der Waals surface area (Å²) in [5, 5.41) is 0. The summed E-state index contributed by atoms with van der Waals surface area (Å²) in [6.45, 7) is -0.245. The van der Waals surface area contributed by atoms with Gasteiger partial charge in [0.25, 0.3) is 11.8 Å². The van der Waals surface area contributed by atoms with E-state index in [9.17, 15) is 19.2 Å². The van der Waals surface area contributed by atoms with Gasteiger partial charge < -0.3 is 9.47 Å². The minimum Gasteiger partial charge on any atom is -0.457 e. The van der Waals surface area contributed by atoms with Gasteiger partial charge in [0.1, 0.15) is 24.4 Å². The highest BCUT2D eigenvalue weighted by atomic mass is 16.5. The zero-order valence-electron chi connectivity index (χ0n) is 17.5. The van der Waals surface area contributed by atoms with Crippen molar-refractivity contribution in [2.24, 2.45) is 0 Å². The maximum Gasteiger partial charge on any atom is 0.345 e. The number of amides is 2. The van der Waals surface area contributed by atoms with Crippen LogP contribution in [0.15, 0.2) is 102 Å². The Morgan fingerprint density at radius 3 is 1.33 bits per heavy atom. The summed E-state index contributed by atoms with van der Waals surface area (Å²) in [5.74, 6) is -4.00. The zero-order chi connectivity index (χ0) is 23.2. The lowest BCUT2D eigenvalue weighted by Crippen LogP contribution is -2.33. The second-order valence-electron chi connectivity index (χ2n) is 7.15. The fourth-order valence-corrected chi connectivity index (χ4v) is 3.31. The van der Waals surface area contributed by atoms with Crippen LogP contribution in [-0.4, -0.2) is 23.8 Å². The van der Waals surface area contributed by atoms with Gasteiger partial charge in [0.05, 0.1) is 5.69 Å². The Hall–Kier alpha value is -4.52. The summed E-state index contributed by atoms with van der Waals surface area (Å²) in [6.07, 6.45) is 0. The van der Waals surface area contributed by atoms with Crippen molar-refractivity contribution in [1.82, 2.24) is 0 Å². The molecule has 0 spiro atoms. The van der Waals surface area contributed by atoms with Gasteiger partial charge in [0.15, 0.2) is 0 Å². The number of carbonyl (C=O) groups is 4. The summed E-state index contributed by atoms with van der Waals surface area (Å²) < 4.78 is 10.5. The van der Waals surface area contributed by atoms with Crippen LogP contribution in [0.4, 0.5) is 5.69 Å². The van der Waals surface area contributed by atoms with Crippen molar-refractivity contribution in [3.63, 3.8) is 0 Å². The smallest absolute Gasteiger partial charge is 0.345 e. The molecule has 3 aromatic rings. The Morgan fingerprint density at radius 1 is 0.576 bits per heavy atom. The highest BCUT2D eigenvalue weighted by Crippen LogP contribution is 2.29. The van der Waals surface area contributed by atoms with Crippen LogP contribution in [0.1, 0.15) is 11.1 Å². The SMILES string of the molecule is O=C(OCc1ccccc1)C1=C(C(=O)OCc2ccccc2)C(=O)N(c2ccccc2)C1=O. The van der Waals surface area contributed by atoms with E-state index >= 15 is 0 Å². The van der Waals surface area contributed by atoms with Crippen LogP contribution in [0.2, 0.25) is 0 Å². The first kappa shape index (κ1) is 21.7. The maximum atomic E-state index is 13.1. The summed E-state index contributed by atoms with van der Waals surface area (Å²) in [6, 6.07) is 25.7. The van der Waals surface area contributed by atoms with Gasteiger partial charge in [0, 0.05) is 0 Å². The van der Waals surface area contributed by atoms with E-state index in [0.717, 1.165) is 4.90 Å². The number of carbonyl (C=O) groups excluding carboxylic acids is 4. The first-order valence-corrected chi connectivity index (χ1v) is 10.2. The van der Waals surface area contributed by atoms with Crippen LogP contribution in [0.3, 0.4) is 0 Å². The Bertz CT molecular complexity index is 1140. The van der Waals surface area contributed by atoms with E-state index in [0.29, 0.717) is 11.1 Å². The van der Waals surface area contributed by atoms with E-state index in [-0.39, 0.29) is 18.9 Å². The molecule has 0 aliphatic carbocycles. The molecule has 164 valence electrons. The number of anilines is 1. The third-order valence-electron chi connectivity index (χ3n) is 4.93. The minimum absolute atomic E-state index is 0.123. The number of ether oxygens (including phenoxy) is 2. The molecule has 4 rings (SSSR count). The number of benzene rings is 3. The number of hydrogen-bond donors (Lipinski definition) is 0. The van der Waals surface area contributed by atoms with Gasteiger partial charge in [0.2, 0.25) is 0 Å². The van der Waals surface area contributed by atoms with E-state index in [1.165, 1.54) is 12.1 Å². The van der Waals surface area contributed by atoms with Gasteiger partial charge in [-0.15, -0.1) is 0 Å². The van der Waals surface area contributed by atoms with Gasteiger partial charge in [-0.25, -0.2) is 14.5 Å². The van der Waals surface area contributed by atoms with Crippen molar-refractivity contribution in [2.75, 3.05) is 4.90 Å². The van der Waals surface area contributed by atoms with E-state index < -0.39 is 34.9 Å². The van der Waals surface area contributed by atoms with Crippen LogP contribution in [0, 0.1) is 0 Å². The van der Waals surface area contributed by atoms with Crippen molar-refractivity contribution in [3.05, 3.63) is 113 Å². The molecular weight excluding hydrogens is 422 g/mol. The molecule has 3 aromatic carbocycles. The molecule has 0 bridgehead atoms. The molecule has 7 nitrogen and oxygen atoms in total. The van der Waals surface area contributed by atoms with Crippen LogP contribution >= 0.6 is 0 Å². The van der Waals surface area contributed by atoms with Crippen molar-refractivity contribution in [2.45, 2.75) is 13.2 Å². The molecule has 0 atom stereocenters. The highest BCUT2D eigenvalue weighted by molar-refractivity contribution is 6.46. The van der Waals surface area contributed by atoms with Gasteiger partial charge >= 0.3 is 11.9 Å². The predicted octanol–water partition coefficient (Wildman–Crippen LogP) is 3.34. The average molecular weight is 441 g/mol. The second kappa shape index (κ2) is 9.74. The van der Waals surface area contributed by atoms with Crippen LogP contribution < -0.4 is 4.90 Å². The molecule has 2 amide bonds. The van der Waals surface area contributed by atoms with Gasteiger partial charge in [-0.3, -0.25) is 9.59 Å². The maximum absolute atomic E-state index is 13.1. The number of hydrogen-bond acceptors (Lipinski definition) is 6. The quantitative estimate of drug-likeness (QED) is 0.317. The first-order chi connectivity index (χ1) is 16.1. The molecule has 1 heterocycles. The van der Waals surface area contributed by atoms with Crippen LogP contribution in [-0.2, 0) is 41.9 Å². The lowest BCUT2D eigenvalue weighted by Gasteiger charge is -2.14. The summed E-state index contributed by atoms with van der Waals surface area (Å²) >= 11 is 0. The molecule has 0 N–H and O–H groups in total. The molecule has 0 radical (unpaired) electrons. The van der Waals surface area contributed by atoms with Crippen LogP contribution in [0.25, 0.3) is 0 Å². The van der Waals surface area contributed by atoms with Crippen molar-refractivity contribution < 1.29 is 28.7 Å². The minimum atomic E-state index is -1.07. The van der Waals surface area contributed by atoms with E-state index in [1.807, 2.05) is 12.1 Å². The lowest BCUT2D eigenvalue weighted by atomic mass is 10.1. The van der Waals surface area contributed by atoms with E-state index in [2.05, 4.69) is 0 Å². The third kappa shape index (κ3) is 4.72. The number of nitrogens with zero attached hydrogens (tertiary/aromatic N) is 1. The Morgan fingerprint density at radius 2 is 0.939 bits per heavy atom. The molecule has 1 aliphatic heterocycles. The second-order valence-corrected chi connectivity index (χ2v) is 7.15. The monoisotopic (exact) mass is 441 g/mol. The summed E-state index contributed by atoms with van der Waals surface area (Å²) in [5.41, 5.74) is 0.329. The molecule has 0 unspecified atom stereocenters. The average Bonchev–Trinajstić information content (AvgIpc) is 3.12. The fraction of sp³-hybridized carbons (Fsp3) is 0.0769. The van der Waals surface area contributed by atoms with Crippen molar-refractivity contribution in [1.29, 1.82) is 0 Å². The largest absolute Gasteiger partial charge is 0.457 e. The molecule has 7 heteroatoms. The van der Waals surface area contributed by atoms with Crippen LogP contribution in [0.5, 0.6) is 0 Å². The topological polar surface area (TPSA) is 90.0 Å². The number of rotatable bonds is 7. The number of imide groups is 1. The molecular formula is C26H19NO6. The third-order valence-corrected chi connectivity index (χ3v) is 4.93. The number of para-hydroxylation sites is 1. The van der Waals surface area contributed by atoms with Crippen molar-refractivity contribution in [3.8, 4) is 0 Å². The van der Waals surface area contributed by atoms with Gasteiger partial charge in [-0.05, 0) is 23.3 Å². The predicted molar refractivity (Wildman–Crippen MR) is 118 cm³/mol. The normalized spacial score (nSPS) is 13.3. The molecule has 0 aromatic heterocycles. The van der Waals surface area contributed by atoms with E-state index in [4.69, 9.17) is 9.47 Å². The van der Waals surface area contributed by atoms with Gasteiger partial charge in [-0.2, -0.15) is 0 Å². The first-order valence-electron chi connectivity index (χ1n) is 10.2. The lowest BCUT2D eigenvalue weighted by molar-refractivity contribution is -0.144. The van der Waals surface area contributed by atoms with Crippen molar-refractivity contribution >= 4 is 29.4 Å². The Balaban J connectivity index is 1.62. The Kier molecular flexibility index (Phi) is 6.40. The molecule has 33 heavy (non-hydrogen) atoms. The fourth-order valence-electron chi connectivity index (χ4n) is 3.31. The highest BCUT2D eigenvalue weighted by Gasteiger charge is 2.47. The summed E-state index contributed by atoms with van der Waals surface area (Å²) in [7, 11) is 0. The standard InChI is InChI=1S/C26H19NO6/c28-23-21(25(30)32-16-18-10-4-1-5-11-18)22(24(29)27(23)20-14-8-3-9-15-20)26(31)33-17-19-12-6-2-7-13-19/h1-15H,16-17H2. The van der Waals surface area contributed by atoms with Gasteiger partial charge in [-0.1, -0.05) is 78.9 Å². The molecule has 0 saturated carbocycles. The van der Waals surface area contributed by atoms with E-state index in [1.54, 1.807) is 66.7 Å². The Labute approximate surface area is 189 Å². The summed E-state index contributed by atoms with van der Waals surface area (Å²) in [4.78, 5) is 52.7. The molecule has 0 saturated heterocycles. The molecule has 1 aliphatic rings. The molecule has 0 fully saturated rings. The zero-order valence-corrected chi connectivity index (χ0v) is 17.5.